The first-order chi connectivity index (χ1) is 16.6. The number of nitrogens with one attached hydrogen (secondary N) is 3. The highest BCUT2D eigenvalue weighted by Gasteiger charge is 2.42. The third-order valence-corrected chi connectivity index (χ3v) is 5.34. The van der Waals surface area contributed by atoms with Crippen molar-refractivity contribution in [2.75, 3.05) is 11.9 Å². The molecule has 10 nitrogen and oxygen atoms in total. The largest absolute Gasteiger partial charge is 0.481 e. The Morgan fingerprint density at radius 3 is 2.23 bits per heavy atom. The number of carboxylic acid groups (broad SMARTS) is 1. The number of carboxylic acids is 1. The molecule has 0 radical (unpaired) electrons. The number of halogens is 3. The third-order valence-electron chi connectivity index (χ3n) is 5.34. The fraction of sp³-hybridized carbons (Fsp3) is 0.227. The number of aliphatic carboxylic acids is 1. The van der Waals surface area contributed by atoms with E-state index in [4.69, 9.17) is 9.84 Å². The van der Waals surface area contributed by atoms with E-state index in [0.717, 1.165) is 22.3 Å². The van der Waals surface area contributed by atoms with Gasteiger partial charge < -0.3 is 15.2 Å². The number of ether oxygens (including phenoxy) is 1. The van der Waals surface area contributed by atoms with Crippen molar-refractivity contribution < 1.29 is 37.4 Å². The number of aromatic nitrogens is 3. The SMILES string of the molecule is O=C(O)CC(NC(=O)c1nc(NC(=O)OCC2c3ccccc3-c3ccccc32)n[nH]1)C(F)(F)F. The first-order valence-electron chi connectivity index (χ1n) is 10.3. The van der Waals surface area contributed by atoms with E-state index in [1.807, 2.05) is 48.5 Å². The van der Waals surface area contributed by atoms with Crippen LogP contribution in [0.3, 0.4) is 0 Å². The molecule has 1 unspecified atom stereocenters. The van der Waals surface area contributed by atoms with Gasteiger partial charge in [-0.3, -0.25) is 20.0 Å². The van der Waals surface area contributed by atoms with E-state index >= 15 is 0 Å². The van der Waals surface area contributed by atoms with Gasteiger partial charge in [0.2, 0.25) is 5.82 Å². The molecule has 182 valence electrons. The van der Waals surface area contributed by atoms with E-state index in [0.29, 0.717) is 0 Å². The first-order valence-corrected chi connectivity index (χ1v) is 10.3. The molecule has 0 fully saturated rings. The highest BCUT2D eigenvalue weighted by atomic mass is 19.4. The number of hydrogen-bond acceptors (Lipinski definition) is 6. The molecule has 1 heterocycles. The second kappa shape index (κ2) is 9.44. The summed E-state index contributed by atoms with van der Waals surface area (Å²) in [6.45, 7) is 0.0000765. The third kappa shape index (κ3) is 5.23. The lowest BCUT2D eigenvalue weighted by Crippen LogP contribution is -2.46. The minimum atomic E-state index is -4.99. The second-order valence-corrected chi connectivity index (χ2v) is 7.62. The molecule has 1 aliphatic carbocycles. The molecule has 2 amide bonds. The van der Waals surface area contributed by atoms with Crippen LogP contribution in [0, 0.1) is 0 Å². The van der Waals surface area contributed by atoms with Crippen LogP contribution in [0.4, 0.5) is 23.9 Å². The van der Waals surface area contributed by atoms with E-state index in [-0.39, 0.29) is 12.5 Å². The molecule has 0 saturated carbocycles. The van der Waals surface area contributed by atoms with Crippen LogP contribution >= 0.6 is 0 Å². The highest BCUT2D eigenvalue weighted by Crippen LogP contribution is 2.44. The predicted molar refractivity (Wildman–Crippen MR) is 115 cm³/mol. The van der Waals surface area contributed by atoms with E-state index in [1.165, 1.54) is 5.32 Å². The van der Waals surface area contributed by atoms with Crippen molar-refractivity contribution in [1.82, 2.24) is 20.5 Å². The van der Waals surface area contributed by atoms with Gasteiger partial charge in [-0.25, -0.2) is 4.79 Å². The maximum absolute atomic E-state index is 12.9. The lowest BCUT2D eigenvalue weighted by atomic mass is 9.98. The summed E-state index contributed by atoms with van der Waals surface area (Å²) in [6.07, 6.45) is -7.29. The van der Waals surface area contributed by atoms with Crippen molar-refractivity contribution >= 4 is 23.9 Å². The molecule has 1 aromatic heterocycles. The minimum Gasteiger partial charge on any atom is -0.481 e. The van der Waals surface area contributed by atoms with Crippen molar-refractivity contribution in [2.24, 2.45) is 0 Å². The van der Waals surface area contributed by atoms with Crippen LogP contribution in [0.2, 0.25) is 0 Å². The molecule has 0 bridgehead atoms. The summed E-state index contributed by atoms with van der Waals surface area (Å²) in [5.41, 5.74) is 4.08. The van der Waals surface area contributed by atoms with Crippen LogP contribution in [0.15, 0.2) is 48.5 Å². The molecule has 4 N–H and O–H groups in total. The molecular formula is C22H18F3N5O5. The average molecular weight is 489 g/mol. The Labute approximate surface area is 195 Å². The molecule has 0 saturated heterocycles. The molecule has 4 rings (SSSR count). The Morgan fingerprint density at radius 1 is 1.06 bits per heavy atom. The maximum atomic E-state index is 12.9. The standard InChI is InChI=1S/C22H18F3N5O5/c23-22(24,25)16(9-17(31)32)26-19(33)18-27-20(30-29-18)28-21(34)35-10-15-13-7-3-1-5-11(13)12-6-2-4-8-14(12)15/h1-8,15-16H,9-10H2,(H,26,33)(H,31,32)(H2,27,28,29,30,34). The number of aromatic amines is 1. The second-order valence-electron chi connectivity index (χ2n) is 7.62. The van der Waals surface area contributed by atoms with Gasteiger partial charge in [-0.15, -0.1) is 5.10 Å². The summed E-state index contributed by atoms with van der Waals surface area (Å²) in [7, 11) is 0. The molecule has 3 aromatic rings. The van der Waals surface area contributed by atoms with Gasteiger partial charge in [0, 0.05) is 5.92 Å². The smallest absolute Gasteiger partial charge is 0.414 e. The molecular weight excluding hydrogens is 471 g/mol. The van der Waals surface area contributed by atoms with Crippen LogP contribution in [-0.4, -0.2) is 57.1 Å². The van der Waals surface area contributed by atoms with Crippen LogP contribution in [0.5, 0.6) is 0 Å². The van der Waals surface area contributed by atoms with E-state index in [1.54, 1.807) is 0 Å². The fourth-order valence-corrected chi connectivity index (χ4v) is 3.79. The average Bonchev–Trinajstić information content (AvgIpc) is 3.39. The number of anilines is 1. The summed E-state index contributed by atoms with van der Waals surface area (Å²) in [5.74, 6) is -4.35. The van der Waals surface area contributed by atoms with Crippen LogP contribution in [-0.2, 0) is 9.53 Å². The van der Waals surface area contributed by atoms with Crippen molar-refractivity contribution in [3.8, 4) is 11.1 Å². The number of hydrogen-bond donors (Lipinski definition) is 4. The molecule has 1 aliphatic rings. The number of alkyl halides is 3. The maximum Gasteiger partial charge on any atom is 0.414 e. The van der Waals surface area contributed by atoms with Gasteiger partial charge in [0.25, 0.3) is 11.9 Å². The number of benzene rings is 2. The summed E-state index contributed by atoms with van der Waals surface area (Å²) in [5, 5.41) is 18.0. The zero-order valence-electron chi connectivity index (χ0n) is 17.8. The summed E-state index contributed by atoms with van der Waals surface area (Å²) in [6, 6.07) is 12.8. The van der Waals surface area contributed by atoms with Gasteiger partial charge in [0.15, 0.2) is 0 Å². The van der Waals surface area contributed by atoms with E-state index in [9.17, 15) is 27.6 Å². The van der Waals surface area contributed by atoms with E-state index < -0.39 is 48.4 Å². The Balaban J connectivity index is 1.37. The van der Waals surface area contributed by atoms with Crippen LogP contribution in [0.25, 0.3) is 11.1 Å². The normalized spacial score (nSPS) is 13.5. The lowest BCUT2D eigenvalue weighted by Gasteiger charge is -2.19. The molecule has 2 aromatic carbocycles. The number of carbonyl (C=O) groups is 3. The molecule has 13 heteroatoms. The highest BCUT2D eigenvalue weighted by molar-refractivity contribution is 5.92. The molecule has 0 aliphatic heterocycles. The van der Waals surface area contributed by atoms with Crippen molar-refractivity contribution in [1.29, 1.82) is 0 Å². The molecule has 35 heavy (non-hydrogen) atoms. The minimum absolute atomic E-state index is 0.0000765. The fourth-order valence-electron chi connectivity index (χ4n) is 3.79. The van der Waals surface area contributed by atoms with E-state index in [2.05, 4.69) is 20.5 Å². The Hall–Kier alpha value is -4.42. The Bertz CT molecular complexity index is 1230. The van der Waals surface area contributed by atoms with Crippen molar-refractivity contribution in [2.45, 2.75) is 24.6 Å². The number of rotatable bonds is 7. The monoisotopic (exact) mass is 489 g/mol. The van der Waals surface area contributed by atoms with Gasteiger partial charge in [-0.05, 0) is 22.3 Å². The van der Waals surface area contributed by atoms with Gasteiger partial charge in [-0.1, -0.05) is 48.5 Å². The number of nitrogens with zero attached hydrogens (tertiary/aromatic N) is 2. The van der Waals surface area contributed by atoms with Gasteiger partial charge in [0.1, 0.15) is 12.6 Å². The number of carbonyl (C=O) groups excluding carboxylic acids is 2. The summed E-state index contributed by atoms with van der Waals surface area (Å²) in [4.78, 5) is 38.6. The quantitative estimate of drug-likeness (QED) is 0.398. The Morgan fingerprint density at radius 2 is 1.66 bits per heavy atom. The topological polar surface area (TPSA) is 146 Å². The lowest BCUT2D eigenvalue weighted by molar-refractivity contribution is -0.165. The molecule has 1 atom stereocenters. The number of amides is 2. The number of fused-ring (bicyclic) bond motifs is 3. The summed E-state index contributed by atoms with van der Waals surface area (Å²) < 4.78 is 44.1. The zero-order chi connectivity index (χ0) is 25.2. The van der Waals surface area contributed by atoms with Gasteiger partial charge in [-0.2, -0.15) is 18.2 Å². The number of H-pyrrole nitrogens is 1. The van der Waals surface area contributed by atoms with Gasteiger partial charge >= 0.3 is 18.2 Å². The Kier molecular flexibility index (Phi) is 6.40. The van der Waals surface area contributed by atoms with Crippen LogP contribution in [0.1, 0.15) is 34.1 Å². The first kappa shape index (κ1) is 23.7. The van der Waals surface area contributed by atoms with Crippen molar-refractivity contribution in [3.63, 3.8) is 0 Å². The van der Waals surface area contributed by atoms with Crippen molar-refractivity contribution in [3.05, 3.63) is 65.5 Å². The van der Waals surface area contributed by atoms with Crippen LogP contribution < -0.4 is 10.6 Å². The zero-order valence-corrected chi connectivity index (χ0v) is 17.8. The molecule has 0 spiro atoms. The summed E-state index contributed by atoms with van der Waals surface area (Å²) >= 11 is 0. The predicted octanol–water partition coefficient (Wildman–Crippen LogP) is 3.30. The van der Waals surface area contributed by atoms with Gasteiger partial charge in [0.05, 0.1) is 6.42 Å².